The molecule has 0 fully saturated rings. The molecule has 6 nitrogen and oxygen atoms in total. The van der Waals surface area contributed by atoms with Crippen LogP contribution in [0.3, 0.4) is 0 Å². The minimum Gasteiger partial charge on any atom is -0.480 e. The van der Waals surface area contributed by atoms with Gasteiger partial charge in [-0.25, -0.2) is 4.79 Å². The zero-order valence-electron chi connectivity index (χ0n) is 14.6. The number of hydrogen-bond donors (Lipinski definition) is 4. The smallest absolute Gasteiger partial charge is 0.326 e. The lowest BCUT2D eigenvalue weighted by molar-refractivity contribution is -0.142. The van der Waals surface area contributed by atoms with Crippen molar-refractivity contribution in [2.75, 3.05) is 5.75 Å². The number of carbonyl (C=O) groups is 3. The van der Waals surface area contributed by atoms with E-state index in [-0.39, 0.29) is 24.7 Å². The normalized spacial score (nSPS) is 13.1. The SMILES string of the molecule is CC(C)[C@H](NC(=O)CCc1ccccc1)C(=O)N[C@H](CCS)C(=O)O. The van der Waals surface area contributed by atoms with Crippen molar-refractivity contribution < 1.29 is 19.5 Å². The summed E-state index contributed by atoms with van der Waals surface area (Å²) >= 11 is 4.00. The van der Waals surface area contributed by atoms with Crippen molar-refractivity contribution in [2.45, 2.75) is 45.2 Å². The summed E-state index contributed by atoms with van der Waals surface area (Å²) in [7, 11) is 0. The Morgan fingerprint density at radius 3 is 2.28 bits per heavy atom. The standard InChI is InChI=1S/C18H26N2O4S/c1-12(2)16(17(22)19-14(10-11-25)18(23)24)20-15(21)9-8-13-6-4-3-5-7-13/h3-7,12,14,16,25H,8-11H2,1-2H3,(H,19,22)(H,20,21)(H,23,24)/t14-,16+/m1/s1. The Balaban J connectivity index is 2.61. The highest BCUT2D eigenvalue weighted by Gasteiger charge is 2.28. The number of nitrogens with one attached hydrogen (secondary N) is 2. The minimum absolute atomic E-state index is 0.161. The number of aryl methyl sites for hydroxylation is 1. The summed E-state index contributed by atoms with van der Waals surface area (Å²) in [6.45, 7) is 3.60. The van der Waals surface area contributed by atoms with Gasteiger partial charge in [0.1, 0.15) is 12.1 Å². The fraction of sp³-hybridized carbons (Fsp3) is 0.500. The van der Waals surface area contributed by atoms with Gasteiger partial charge in [0.05, 0.1) is 0 Å². The molecule has 2 atom stereocenters. The van der Waals surface area contributed by atoms with Gasteiger partial charge < -0.3 is 15.7 Å². The number of carboxylic acids is 1. The molecule has 1 aromatic rings. The summed E-state index contributed by atoms with van der Waals surface area (Å²) in [6, 6.07) is 7.82. The average molecular weight is 366 g/mol. The first-order valence-electron chi connectivity index (χ1n) is 8.32. The molecule has 0 radical (unpaired) electrons. The van der Waals surface area contributed by atoms with Crippen molar-refractivity contribution in [3.05, 3.63) is 35.9 Å². The molecule has 3 N–H and O–H groups in total. The molecule has 1 rings (SSSR count). The molecule has 0 aliphatic heterocycles. The summed E-state index contributed by atoms with van der Waals surface area (Å²) in [5.74, 6) is -1.66. The fourth-order valence-electron chi connectivity index (χ4n) is 2.33. The molecular formula is C18H26N2O4S. The first kappa shape index (κ1) is 21.0. The van der Waals surface area contributed by atoms with E-state index in [1.54, 1.807) is 13.8 Å². The number of rotatable bonds is 10. The monoisotopic (exact) mass is 366 g/mol. The molecule has 2 amide bonds. The minimum atomic E-state index is -1.11. The van der Waals surface area contributed by atoms with Crippen LogP contribution in [0.4, 0.5) is 0 Å². The van der Waals surface area contributed by atoms with Crippen LogP contribution in [0, 0.1) is 5.92 Å². The quantitative estimate of drug-likeness (QED) is 0.474. The van der Waals surface area contributed by atoms with Gasteiger partial charge in [0.2, 0.25) is 11.8 Å². The molecule has 0 saturated carbocycles. The first-order chi connectivity index (χ1) is 11.8. The topological polar surface area (TPSA) is 95.5 Å². The number of aliphatic carboxylic acids is 1. The van der Waals surface area contributed by atoms with Gasteiger partial charge in [-0.15, -0.1) is 0 Å². The zero-order chi connectivity index (χ0) is 18.8. The van der Waals surface area contributed by atoms with Gasteiger partial charge >= 0.3 is 5.97 Å². The second kappa shape index (κ2) is 10.8. The van der Waals surface area contributed by atoms with Crippen molar-refractivity contribution in [3.63, 3.8) is 0 Å². The predicted molar refractivity (Wildman–Crippen MR) is 99.6 cm³/mol. The molecule has 7 heteroatoms. The summed E-state index contributed by atoms with van der Waals surface area (Å²) in [4.78, 5) is 35.7. The van der Waals surface area contributed by atoms with Crippen LogP contribution in [-0.4, -0.2) is 40.7 Å². The third-order valence-corrected chi connectivity index (χ3v) is 4.04. The third-order valence-electron chi connectivity index (χ3n) is 3.78. The second-order valence-corrected chi connectivity index (χ2v) is 6.63. The van der Waals surface area contributed by atoms with Crippen LogP contribution in [0.1, 0.15) is 32.3 Å². The van der Waals surface area contributed by atoms with Crippen LogP contribution in [0.5, 0.6) is 0 Å². The van der Waals surface area contributed by atoms with Crippen molar-refractivity contribution in [1.29, 1.82) is 0 Å². The van der Waals surface area contributed by atoms with Crippen LogP contribution in [-0.2, 0) is 20.8 Å². The van der Waals surface area contributed by atoms with Gasteiger partial charge in [-0.2, -0.15) is 12.6 Å². The van der Waals surface area contributed by atoms with Crippen molar-refractivity contribution in [3.8, 4) is 0 Å². The molecule has 0 aromatic heterocycles. The lowest BCUT2D eigenvalue weighted by Gasteiger charge is -2.24. The van der Waals surface area contributed by atoms with Crippen LogP contribution in [0.15, 0.2) is 30.3 Å². The maximum Gasteiger partial charge on any atom is 0.326 e. The second-order valence-electron chi connectivity index (χ2n) is 6.19. The van der Waals surface area contributed by atoms with E-state index >= 15 is 0 Å². The van der Waals surface area contributed by atoms with Gasteiger partial charge in [-0.3, -0.25) is 9.59 Å². The molecule has 0 saturated heterocycles. The third kappa shape index (κ3) is 7.60. The van der Waals surface area contributed by atoms with Gasteiger partial charge in [0.25, 0.3) is 0 Å². The van der Waals surface area contributed by atoms with E-state index in [2.05, 4.69) is 23.3 Å². The van der Waals surface area contributed by atoms with E-state index in [4.69, 9.17) is 5.11 Å². The number of amides is 2. The summed E-state index contributed by atoms with van der Waals surface area (Å²) < 4.78 is 0. The largest absolute Gasteiger partial charge is 0.480 e. The molecule has 0 bridgehead atoms. The molecule has 25 heavy (non-hydrogen) atoms. The van der Waals surface area contributed by atoms with Crippen LogP contribution in [0.25, 0.3) is 0 Å². The number of thiol groups is 1. The molecule has 0 aliphatic rings. The molecule has 0 aliphatic carbocycles. The van der Waals surface area contributed by atoms with Crippen LogP contribution in [0.2, 0.25) is 0 Å². The highest BCUT2D eigenvalue weighted by Crippen LogP contribution is 2.06. The molecular weight excluding hydrogens is 340 g/mol. The molecule has 0 heterocycles. The Morgan fingerprint density at radius 2 is 1.76 bits per heavy atom. The van der Waals surface area contributed by atoms with Gasteiger partial charge in [0.15, 0.2) is 0 Å². The highest BCUT2D eigenvalue weighted by molar-refractivity contribution is 7.80. The lowest BCUT2D eigenvalue weighted by Crippen LogP contribution is -2.53. The van der Waals surface area contributed by atoms with E-state index in [1.807, 2.05) is 30.3 Å². The average Bonchev–Trinajstić information content (AvgIpc) is 2.57. The van der Waals surface area contributed by atoms with Crippen molar-refractivity contribution in [1.82, 2.24) is 10.6 Å². The van der Waals surface area contributed by atoms with Gasteiger partial charge in [0, 0.05) is 6.42 Å². The number of carbonyl (C=O) groups excluding carboxylic acids is 2. The van der Waals surface area contributed by atoms with Crippen LogP contribution >= 0.6 is 12.6 Å². The summed E-state index contributed by atoms with van der Waals surface area (Å²) in [6.07, 6.45) is 1.06. The van der Waals surface area contributed by atoms with E-state index in [0.29, 0.717) is 12.2 Å². The number of carboxylic acid groups (broad SMARTS) is 1. The fourth-order valence-corrected chi connectivity index (χ4v) is 2.59. The Morgan fingerprint density at radius 1 is 1.12 bits per heavy atom. The van der Waals surface area contributed by atoms with Gasteiger partial charge in [-0.05, 0) is 30.1 Å². The predicted octanol–water partition coefficient (Wildman–Crippen LogP) is 1.65. The molecule has 0 unspecified atom stereocenters. The summed E-state index contributed by atoms with van der Waals surface area (Å²) in [5.41, 5.74) is 1.04. The Bertz CT molecular complexity index is 578. The molecule has 0 spiro atoms. The van der Waals surface area contributed by atoms with E-state index < -0.39 is 24.0 Å². The van der Waals surface area contributed by atoms with E-state index in [0.717, 1.165) is 5.56 Å². The van der Waals surface area contributed by atoms with Crippen LogP contribution < -0.4 is 10.6 Å². The van der Waals surface area contributed by atoms with Crippen molar-refractivity contribution in [2.24, 2.45) is 5.92 Å². The van der Waals surface area contributed by atoms with E-state index in [9.17, 15) is 14.4 Å². The Labute approximate surface area is 153 Å². The van der Waals surface area contributed by atoms with E-state index in [1.165, 1.54) is 0 Å². The zero-order valence-corrected chi connectivity index (χ0v) is 15.5. The highest BCUT2D eigenvalue weighted by atomic mass is 32.1. The van der Waals surface area contributed by atoms with Gasteiger partial charge in [-0.1, -0.05) is 44.2 Å². The Kier molecular flexibility index (Phi) is 9.05. The maximum absolute atomic E-state index is 12.4. The molecule has 138 valence electrons. The number of hydrogen-bond acceptors (Lipinski definition) is 4. The molecule has 1 aromatic carbocycles. The lowest BCUT2D eigenvalue weighted by atomic mass is 10.0. The Hall–Kier alpha value is -2.02. The maximum atomic E-state index is 12.4. The first-order valence-corrected chi connectivity index (χ1v) is 8.95. The summed E-state index contributed by atoms with van der Waals surface area (Å²) in [5, 5.41) is 14.3. The van der Waals surface area contributed by atoms with Crippen molar-refractivity contribution >= 4 is 30.4 Å². The number of benzene rings is 1.